The minimum absolute atomic E-state index is 0.685. The second-order valence-electron chi connectivity index (χ2n) is 6.03. The molecule has 2 fully saturated rings. The van der Waals surface area contributed by atoms with Crippen molar-refractivity contribution in [1.29, 1.82) is 0 Å². The second-order valence-corrected chi connectivity index (χ2v) is 6.03. The number of piperidine rings is 1. The van der Waals surface area contributed by atoms with E-state index >= 15 is 0 Å². The Kier molecular flexibility index (Phi) is 3.11. The maximum absolute atomic E-state index is 4.83. The fourth-order valence-electron chi connectivity index (χ4n) is 3.61. The van der Waals surface area contributed by atoms with Gasteiger partial charge in [-0.15, -0.1) is 0 Å². The molecule has 0 aliphatic carbocycles. The lowest BCUT2D eigenvalue weighted by atomic mass is 9.90. The monoisotopic (exact) mass is 270 g/mol. The predicted molar refractivity (Wildman–Crippen MR) is 82.4 cm³/mol. The third-order valence-electron chi connectivity index (χ3n) is 4.76. The van der Waals surface area contributed by atoms with E-state index in [4.69, 9.17) is 4.98 Å². The lowest BCUT2D eigenvalue weighted by molar-refractivity contribution is 0.462. The van der Waals surface area contributed by atoms with Crippen LogP contribution in [0.1, 0.15) is 37.2 Å². The van der Waals surface area contributed by atoms with E-state index in [2.05, 4.69) is 33.5 Å². The number of hydrogen-bond donors (Lipinski definition) is 2. The summed E-state index contributed by atoms with van der Waals surface area (Å²) in [6.45, 7) is 4.58. The molecule has 4 nitrogen and oxygen atoms in total. The Balaban J connectivity index is 1.67. The summed E-state index contributed by atoms with van der Waals surface area (Å²) in [5, 5.41) is 4.76. The topological polar surface area (TPSA) is 44.0 Å². The Morgan fingerprint density at radius 1 is 1.10 bits per heavy atom. The lowest BCUT2D eigenvalue weighted by Crippen LogP contribution is -2.26. The smallest absolute Gasteiger partial charge is 0.140 e. The van der Waals surface area contributed by atoms with E-state index in [1.807, 2.05) is 0 Å². The van der Waals surface area contributed by atoms with E-state index in [0.717, 1.165) is 37.6 Å². The molecule has 4 rings (SSSR count). The largest absolute Gasteiger partial charge is 0.357 e. The molecular weight excluding hydrogens is 248 g/mol. The van der Waals surface area contributed by atoms with Crippen LogP contribution < -0.4 is 10.2 Å². The summed E-state index contributed by atoms with van der Waals surface area (Å²) in [7, 11) is 0. The molecule has 0 spiro atoms. The Hall–Kier alpha value is -1.55. The maximum Gasteiger partial charge on any atom is 0.140 e. The quantitative estimate of drug-likeness (QED) is 0.881. The molecule has 4 heterocycles. The predicted octanol–water partition coefficient (Wildman–Crippen LogP) is 2.63. The Labute approximate surface area is 119 Å². The fraction of sp³-hybridized carbons (Fsp3) is 0.562. The van der Waals surface area contributed by atoms with Crippen molar-refractivity contribution in [1.82, 2.24) is 15.3 Å². The highest BCUT2D eigenvalue weighted by molar-refractivity contribution is 5.82. The van der Waals surface area contributed by atoms with Gasteiger partial charge in [-0.3, -0.25) is 0 Å². The molecule has 106 valence electrons. The van der Waals surface area contributed by atoms with Crippen molar-refractivity contribution in [2.24, 2.45) is 0 Å². The molecule has 0 atom stereocenters. The standard InChI is InChI=1S/C16H22N4/c1-2-10-20(9-1)15-4-3-13-14(11-18-16(13)19-15)12-5-7-17-8-6-12/h3-4,11-12,17H,1-2,5-10H2,(H,18,19). The molecule has 0 amide bonds. The van der Waals surface area contributed by atoms with Gasteiger partial charge in [0.15, 0.2) is 0 Å². The first kappa shape index (κ1) is 12.2. The zero-order chi connectivity index (χ0) is 13.4. The van der Waals surface area contributed by atoms with Gasteiger partial charge < -0.3 is 15.2 Å². The highest BCUT2D eigenvalue weighted by atomic mass is 15.2. The summed E-state index contributed by atoms with van der Waals surface area (Å²) < 4.78 is 0. The molecule has 0 radical (unpaired) electrons. The van der Waals surface area contributed by atoms with Crippen molar-refractivity contribution in [2.45, 2.75) is 31.6 Å². The van der Waals surface area contributed by atoms with Gasteiger partial charge in [-0.25, -0.2) is 4.98 Å². The molecule has 0 saturated carbocycles. The fourth-order valence-corrected chi connectivity index (χ4v) is 3.61. The van der Waals surface area contributed by atoms with Gasteiger partial charge in [0, 0.05) is 24.7 Å². The number of nitrogens with one attached hydrogen (secondary N) is 2. The molecule has 2 aliphatic rings. The van der Waals surface area contributed by atoms with E-state index < -0.39 is 0 Å². The number of nitrogens with zero attached hydrogens (tertiary/aromatic N) is 2. The van der Waals surface area contributed by atoms with Gasteiger partial charge in [0.2, 0.25) is 0 Å². The van der Waals surface area contributed by atoms with Crippen LogP contribution in [0.3, 0.4) is 0 Å². The third-order valence-corrected chi connectivity index (χ3v) is 4.76. The molecule has 0 aromatic carbocycles. The number of aromatic nitrogens is 2. The van der Waals surface area contributed by atoms with Gasteiger partial charge in [-0.1, -0.05) is 0 Å². The van der Waals surface area contributed by atoms with Crippen molar-refractivity contribution in [3.8, 4) is 0 Å². The van der Waals surface area contributed by atoms with Gasteiger partial charge in [0.1, 0.15) is 11.5 Å². The van der Waals surface area contributed by atoms with Crippen LogP contribution >= 0.6 is 0 Å². The van der Waals surface area contributed by atoms with Crippen LogP contribution in [0.25, 0.3) is 11.0 Å². The average molecular weight is 270 g/mol. The van der Waals surface area contributed by atoms with E-state index in [9.17, 15) is 0 Å². The highest BCUT2D eigenvalue weighted by Gasteiger charge is 2.20. The van der Waals surface area contributed by atoms with Gasteiger partial charge >= 0.3 is 0 Å². The van der Waals surface area contributed by atoms with Crippen LogP contribution in [0.4, 0.5) is 5.82 Å². The van der Waals surface area contributed by atoms with E-state index in [-0.39, 0.29) is 0 Å². The van der Waals surface area contributed by atoms with Crippen LogP contribution in [0, 0.1) is 0 Å². The van der Waals surface area contributed by atoms with Crippen LogP contribution in [-0.2, 0) is 0 Å². The van der Waals surface area contributed by atoms with Crippen molar-refractivity contribution in [3.05, 3.63) is 23.9 Å². The van der Waals surface area contributed by atoms with E-state index in [1.165, 1.54) is 36.6 Å². The van der Waals surface area contributed by atoms with E-state index in [1.54, 1.807) is 0 Å². The number of fused-ring (bicyclic) bond motifs is 1. The Morgan fingerprint density at radius 2 is 1.90 bits per heavy atom. The first-order valence-corrected chi connectivity index (χ1v) is 7.85. The molecule has 20 heavy (non-hydrogen) atoms. The van der Waals surface area contributed by atoms with Gasteiger partial charge in [-0.05, 0) is 62.4 Å². The zero-order valence-electron chi connectivity index (χ0n) is 11.9. The molecule has 2 aliphatic heterocycles. The van der Waals surface area contributed by atoms with Crippen molar-refractivity contribution < 1.29 is 0 Å². The number of rotatable bonds is 2. The summed E-state index contributed by atoms with van der Waals surface area (Å²) in [4.78, 5) is 10.6. The van der Waals surface area contributed by atoms with Crippen molar-refractivity contribution in [2.75, 3.05) is 31.1 Å². The lowest BCUT2D eigenvalue weighted by Gasteiger charge is -2.22. The molecular formula is C16H22N4. The normalized spacial score (nSPS) is 20.9. The first-order chi connectivity index (χ1) is 9.92. The van der Waals surface area contributed by atoms with E-state index in [0.29, 0.717) is 5.92 Å². The first-order valence-electron chi connectivity index (χ1n) is 7.85. The van der Waals surface area contributed by atoms with Gasteiger partial charge in [-0.2, -0.15) is 0 Å². The maximum atomic E-state index is 4.83. The highest BCUT2D eigenvalue weighted by Crippen LogP contribution is 2.32. The average Bonchev–Trinajstić information content (AvgIpc) is 3.17. The number of pyridine rings is 1. The minimum Gasteiger partial charge on any atom is -0.357 e. The van der Waals surface area contributed by atoms with Gasteiger partial charge in [0.25, 0.3) is 0 Å². The van der Waals surface area contributed by atoms with Crippen LogP contribution in [0.15, 0.2) is 18.3 Å². The Bertz CT molecular complexity index is 592. The number of hydrogen-bond acceptors (Lipinski definition) is 3. The zero-order valence-corrected chi connectivity index (χ0v) is 11.9. The number of aromatic amines is 1. The number of anilines is 1. The minimum atomic E-state index is 0.685. The van der Waals surface area contributed by atoms with Crippen LogP contribution in [0.5, 0.6) is 0 Å². The summed E-state index contributed by atoms with van der Waals surface area (Å²) in [5.74, 6) is 1.82. The summed E-state index contributed by atoms with van der Waals surface area (Å²) >= 11 is 0. The molecule has 4 heteroatoms. The summed E-state index contributed by atoms with van der Waals surface area (Å²) in [6, 6.07) is 4.47. The second kappa shape index (κ2) is 5.09. The molecule has 0 bridgehead atoms. The molecule has 0 unspecified atom stereocenters. The molecule has 2 aromatic heterocycles. The van der Waals surface area contributed by atoms with Crippen LogP contribution in [-0.4, -0.2) is 36.1 Å². The summed E-state index contributed by atoms with van der Waals surface area (Å²) in [5.41, 5.74) is 2.52. The molecule has 2 saturated heterocycles. The SMILES string of the molecule is c1cc2c(C3CCNCC3)c[nH]c2nc1N1CCCC1. The van der Waals surface area contributed by atoms with Crippen LogP contribution in [0.2, 0.25) is 0 Å². The third kappa shape index (κ3) is 2.08. The summed E-state index contributed by atoms with van der Waals surface area (Å²) in [6.07, 6.45) is 7.25. The molecule has 2 N–H and O–H groups in total. The number of H-pyrrole nitrogens is 1. The van der Waals surface area contributed by atoms with Crippen molar-refractivity contribution in [3.63, 3.8) is 0 Å². The Morgan fingerprint density at radius 3 is 2.70 bits per heavy atom. The van der Waals surface area contributed by atoms with Crippen molar-refractivity contribution >= 4 is 16.9 Å². The molecule has 2 aromatic rings. The van der Waals surface area contributed by atoms with Gasteiger partial charge in [0.05, 0.1) is 0 Å².